The molecule has 1 aliphatic rings. The second-order valence-electron chi connectivity index (χ2n) is 9.30. The number of hydrogen-bond acceptors (Lipinski definition) is 5. The summed E-state index contributed by atoms with van der Waals surface area (Å²) in [5, 5.41) is 2.96. The van der Waals surface area contributed by atoms with E-state index < -0.39 is 39.1 Å². The first kappa shape index (κ1) is 30.7. The summed E-state index contributed by atoms with van der Waals surface area (Å²) in [4.78, 5) is 23.4. The molecule has 1 amide bonds. The van der Waals surface area contributed by atoms with E-state index in [1.807, 2.05) is 6.07 Å². The van der Waals surface area contributed by atoms with E-state index in [4.69, 9.17) is 44.5 Å². The average molecular weight is 653 g/mol. The van der Waals surface area contributed by atoms with Crippen LogP contribution in [0.3, 0.4) is 0 Å². The summed E-state index contributed by atoms with van der Waals surface area (Å²) in [6, 6.07) is 18.4. The SMILES string of the molecule is O=C(NC=CNOCc1cccc(Cl)c1)c1ccc(C2=CC(c3cc(Cl)c(F)c(Cl)c3)(C(F)(F)F)ON2)c2ccccc12. The quantitative estimate of drug-likeness (QED) is 0.0775. The van der Waals surface area contributed by atoms with Crippen LogP contribution in [0.1, 0.15) is 27.0 Å². The van der Waals surface area contributed by atoms with E-state index in [0.29, 0.717) is 21.4 Å². The van der Waals surface area contributed by atoms with Crippen LogP contribution in [0.4, 0.5) is 17.6 Å². The van der Waals surface area contributed by atoms with Crippen molar-refractivity contribution in [3.05, 3.63) is 134 Å². The topological polar surface area (TPSA) is 71.6 Å². The van der Waals surface area contributed by atoms with Crippen LogP contribution in [0.2, 0.25) is 15.1 Å². The molecular formula is C30H20Cl3F4N3O3. The van der Waals surface area contributed by atoms with Crippen molar-refractivity contribution >= 4 is 57.2 Å². The molecule has 1 heterocycles. The standard InChI is InChI=1S/C30H20Cl3F4N3O3/c31-19-5-3-4-17(12-19)16-42-39-11-10-38-28(41)23-9-8-22(20-6-1-2-7-21(20)23)26-15-29(43-40-26,30(35,36)37)18-13-24(32)27(34)25(33)14-18/h1-15,39-40H,16H2,(H,38,41). The molecule has 0 spiro atoms. The molecule has 0 aromatic heterocycles. The van der Waals surface area contributed by atoms with Crippen LogP contribution < -0.4 is 16.3 Å². The van der Waals surface area contributed by atoms with Crippen LogP contribution in [0.25, 0.3) is 16.5 Å². The fraction of sp³-hybridized carbons (Fsp3) is 0.100. The Morgan fingerprint density at radius 3 is 2.37 bits per heavy atom. The summed E-state index contributed by atoms with van der Waals surface area (Å²) in [7, 11) is 0. The van der Waals surface area contributed by atoms with Crippen LogP contribution in [-0.4, -0.2) is 12.1 Å². The normalized spacial score (nSPS) is 16.8. The van der Waals surface area contributed by atoms with E-state index in [-0.39, 0.29) is 17.9 Å². The molecule has 1 atom stereocenters. The number of hydrogen-bond donors (Lipinski definition) is 3. The molecule has 0 radical (unpaired) electrons. The molecule has 5 rings (SSSR count). The molecule has 1 unspecified atom stereocenters. The third kappa shape index (κ3) is 6.29. The third-order valence-corrected chi connectivity index (χ3v) is 7.32. The second kappa shape index (κ2) is 12.4. The fourth-order valence-corrected chi connectivity index (χ4v) is 5.21. The molecule has 0 aliphatic carbocycles. The summed E-state index contributed by atoms with van der Waals surface area (Å²) in [5.41, 5.74) is 2.81. The summed E-state index contributed by atoms with van der Waals surface area (Å²) in [5.74, 6) is -1.52. The predicted molar refractivity (Wildman–Crippen MR) is 156 cm³/mol. The molecule has 1 aliphatic heterocycles. The molecular weight excluding hydrogens is 633 g/mol. The largest absolute Gasteiger partial charge is 0.428 e. The molecule has 6 nitrogen and oxygen atoms in total. The molecule has 0 saturated heterocycles. The molecule has 222 valence electrons. The van der Waals surface area contributed by atoms with Crippen LogP contribution in [0.5, 0.6) is 0 Å². The zero-order valence-corrected chi connectivity index (χ0v) is 24.0. The Kier molecular flexibility index (Phi) is 8.86. The van der Waals surface area contributed by atoms with Gasteiger partial charge in [0.25, 0.3) is 5.91 Å². The van der Waals surface area contributed by atoms with Gasteiger partial charge in [-0.3, -0.25) is 25.4 Å². The highest BCUT2D eigenvalue weighted by atomic mass is 35.5. The minimum absolute atomic E-state index is 0.0296. The first-order chi connectivity index (χ1) is 20.5. The Bertz CT molecular complexity index is 1740. The highest BCUT2D eigenvalue weighted by Gasteiger charge is 2.60. The van der Waals surface area contributed by atoms with Crippen LogP contribution in [-0.2, 0) is 21.9 Å². The van der Waals surface area contributed by atoms with Crippen molar-refractivity contribution < 1.29 is 32.0 Å². The number of nitrogens with one attached hydrogen (secondary N) is 3. The number of halogens is 7. The Morgan fingerprint density at radius 2 is 1.67 bits per heavy atom. The summed E-state index contributed by atoms with van der Waals surface area (Å²) >= 11 is 17.5. The van der Waals surface area contributed by atoms with E-state index in [9.17, 15) is 22.4 Å². The Balaban J connectivity index is 1.38. The molecule has 4 aromatic carbocycles. The van der Waals surface area contributed by atoms with Gasteiger partial charge in [-0.25, -0.2) is 4.39 Å². The van der Waals surface area contributed by atoms with E-state index in [1.54, 1.807) is 42.5 Å². The smallest absolute Gasteiger partial charge is 0.327 e. The summed E-state index contributed by atoms with van der Waals surface area (Å²) < 4.78 is 57.4. The maximum Gasteiger partial charge on any atom is 0.428 e. The van der Waals surface area contributed by atoms with Gasteiger partial charge in [0.2, 0.25) is 5.60 Å². The lowest BCUT2D eigenvalue weighted by Crippen LogP contribution is -2.42. The van der Waals surface area contributed by atoms with Crippen LogP contribution in [0, 0.1) is 5.82 Å². The molecule has 13 heteroatoms. The highest BCUT2D eigenvalue weighted by Crippen LogP contribution is 2.49. The Labute approximate surface area is 257 Å². The van der Waals surface area contributed by atoms with E-state index in [1.165, 1.54) is 24.5 Å². The monoisotopic (exact) mass is 651 g/mol. The van der Waals surface area contributed by atoms with Gasteiger partial charge in [-0.15, -0.1) is 0 Å². The van der Waals surface area contributed by atoms with Gasteiger partial charge in [-0.05, 0) is 52.7 Å². The fourth-order valence-electron chi connectivity index (χ4n) is 4.51. The minimum atomic E-state index is -4.99. The zero-order valence-electron chi connectivity index (χ0n) is 21.7. The number of amides is 1. The van der Waals surface area contributed by atoms with Crippen molar-refractivity contribution in [3.8, 4) is 0 Å². The Morgan fingerprint density at radius 1 is 0.953 bits per heavy atom. The number of hydroxylamine groups is 2. The summed E-state index contributed by atoms with van der Waals surface area (Å²) in [6.07, 6.45) is -1.44. The van der Waals surface area contributed by atoms with E-state index in [0.717, 1.165) is 23.8 Å². The lowest BCUT2D eigenvalue weighted by molar-refractivity contribution is -0.269. The van der Waals surface area contributed by atoms with Gasteiger partial charge in [0, 0.05) is 34.1 Å². The van der Waals surface area contributed by atoms with Crippen molar-refractivity contribution in [1.82, 2.24) is 16.3 Å². The third-order valence-electron chi connectivity index (χ3n) is 6.54. The number of fused-ring (bicyclic) bond motifs is 1. The van der Waals surface area contributed by atoms with Gasteiger partial charge in [0.15, 0.2) is 5.82 Å². The minimum Gasteiger partial charge on any atom is -0.327 e. The number of alkyl halides is 3. The maximum absolute atomic E-state index is 14.5. The number of carbonyl (C=O) groups is 1. The van der Waals surface area contributed by atoms with E-state index >= 15 is 0 Å². The predicted octanol–water partition coefficient (Wildman–Crippen LogP) is 8.20. The number of benzene rings is 4. The van der Waals surface area contributed by atoms with Crippen LogP contribution in [0.15, 0.2) is 91.3 Å². The van der Waals surface area contributed by atoms with Crippen molar-refractivity contribution in [2.75, 3.05) is 0 Å². The number of rotatable bonds is 8. The first-order valence-electron chi connectivity index (χ1n) is 12.5. The van der Waals surface area contributed by atoms with Crippen molar-refractivity contribution in [3.63, 3.8) is 0 Å². The zero-order chi connectivity index (χ0) is 30.8. The molecule has 4 aromatic rings. The van der Waals surface area contributed by atoms with Crippen molar-refractivity contribution in [1.29, 1.82) is 0 Å². The summed E-state index contributed by atoms with van der Waals surface area (Å²) in [6.45, 7) is 0.232. The Hall–Kier alpha value is -3.80. The van der Waals surface area contributed by atoms with Crippen molar-refractivity contribution in [2.45, 2.75) is 18.4 Å². The lowest BCUT2D eigenvalue weighted by atomic mass is 9.90. The van der Waals surface area contributed by atoms with Gasteiger partial charge < -0.3 is 5.32 Å². The van der Waals surface area contributed by atoms with E-state index in [2.05, 4.69) is 16.3 Å². The molecule has 0 fully saturated rings. The van der Waals surface area contributed by atoms with Gasteiger partial charge in [0.1, 0.15) is 0 Å². The van der Waals surface area contributed by atoms with Gasteiger partial charge in [-0.2, -0.15) is 13.2 Å². The lowest BCUT2D eigenvalue weighted by Gasteiger charge is -2.28. The molecule has 3 N–H and O–H groups in total. The average Bonchev–Trinajstić information content (AvgIpc) is 3.44. The first-order valence-corrected chi connectivity index (χ1v) is 13.6. The molecule has 0 bridgehead atoms. The van der Waals surface area contributed by atoms with Gasteiger partial charge >= 0.3 is 6.18 Å². The molecule has 0 saturated carbocycles. The second-order valence-corrected chi connectivity index (χ2v) is 10.5. The number of carbonyl (C=O) groups excluding carboxylic acids is 1. The van der Waals surface area contributed by atoms with Gasteiger partial charge in [0.05, 0.1) is 22.3 Å². The van der Waals surface area contributed by atoms with Gasteiger partial charge in [-0.1, -0.05) is 77.3 Å². The van der Waals surface area contributed by atoms with Crippen LogP contribution >= 0.6 is 34.8 Å². The molecule has 43 heavy (non-hydrogen) atoms. The van der Waals surface area contributed by atoms with Crippen molar-refractivity contribution in [2.24, 2.45) is 0 Å². The maximum atomic E-state index is 14.5. The highest BCUT2D eigenvalue weighted by molar-refractivity contribution is 6.35.